The predicted octanol–water partition coefficient (Wildman–Crippen LogP) is 2.78. The van der Waals surface area contributed by atoms with Crippen LogP contribution < -0.4 is 9.64 Å². The molecule has 0 bridgehead atoms. The maximum absolute atomic E-state index is 5.38. The summed E-state index contributed by atoms with van der Waals surface area (Å²) in [7, 11) is 3.76. The number of anilines is 1. The molecule has 0 aliphatic rings. The lowest BCUT2D eigenvalue weighted by Gasteiger charge is -2.19. The Balaban J connectivity index is 2.06. The molecule has 2 rings (SSSR count). The van der Waals surface area contributed by atoms with Crippen molar-refractivity contribution in [3.8, 4) is 5.75 Å². The van der Waals surface area contributed by atoms with Crippen LogP contribution in [0.1, 0.15) is 17.1 Å². The highest BCUT2D eigenvalue weighted by molar-refractivity contribution is 5.40. The van der Waals surface area contributed by atoms with E-state index in [4.69, 9.17) is 4.74 Å². The van der Waals surface area contributed by atoms with Crippen molar-refractivity contribution >= 4 is 5.82 Å². The van der Waals surface area contributed by atoms with Crippen LogP contribution in [0.25, 0.3) is 0 Å². The highest BCUT2D eigenvalue weighted by atomic mass is 16.5. The first-order chi connectivity index (χ1) is 9.60. The quantitative estimate of drug-likeness (QED) is 0.838. The molecule has 0 unspecified atom stereocenters. The monoisotopic (exact) mass is 271 g/mol. The molecule has 0 spiro atoms. The van der Waals surface area contributed by atoms with Crippen LogP contribution >= 0.6 is 0 Å². The Hall–Kier alpha value is -2.10. The number of methoxy groups -OCH3 is 1. The van der Waals surface area contributed by atoms with Crippen molar-refractivity contribution < 1.29 is 4.74 Å². The average molecular weight is 271 g/mol. The normalized spacial score (nSPS) is 10.4. The van der Waals surface area contributed by atoms with Gasteiger partial charge in [0.05, 0.1) is 7.11 Å². The van der Waals surface area contributed by atoms with E-state index in [0.717, 1.165) is 36.1 Å². The second kappa shape index (κ2) is 6.37. The smallest absolute Gasteiger partial charge is 0.132 e. The molecule has 1 aromatic carbocycles. The fraction of sp³-hybridized carbons (Fsp3) is 0.375. The van der Waals surface area contributed by atoms with Gasteiger partial charge in [0, 0.05) is 25.4 Å². The van der Waals surface area contributed by atoms with Crippen molar-refractivity contribution in [1.29, 1.82) is 0 Å². The summed E-state index contributed by atoms with van der Waals surface area (Å²) < 4.78 is 5.38. The van der Waals surface area contributed by atoms with Crippen molar-refractivity contribution in [2.45, 2.75) is 20.3 Å². The van der Waals surface area contributed by atoms with Gasteiger partial charge in [0.2, 0.25) is 0 Å². The van der Waals surface area contributed by atoms with E-state index in [2.05, 4.69) is 28.0 Å². The number of nitrogens with zero attached hydrogens (tertiary/aromatic N) is 3. The van der Waals surface area contributed by atoms with Crippen LogP contribution in [0.3, 0.4) is 0 Å². The molecular formula is C16H21N3O. The summed E-state index contributed by atoms with van der Waals surface area (Å²) in [6.45, 7) is 4.80. The van der Waals surface area contributed by atoms with Crippen LogP contribution in [0.4, 0.5) is 5.82 Å². The maximum Gasteiger partial charge on any atom is 0.132 e. The van der Waals surface area contributed by atoms with Crippen molar-refractivity contribution in [2.75, 3.05) is 25.6 Å². The molecule has 0 radical (unpaired) electrons. The molecule has 0 atom stereocenters. The Morgan fingerprint density at radius 2 is 1.90 bits per heavy atom. The number of benzene rings is 1. The number of para-hydroxylation sites is 1. The van der Waals surface area contributed by atoms with Crippen molar-refractivity contribution in [1.82, 2.24) is 9.97 Å². The molecule has 0 amide bonds. The zero-order valence-electron chi connectivity index (χ0n) is 12.6. The molecule has 0 fully saturated rings. The lowest BCUT2D eigenvalue weighted by Crippen LogP contribution is -2.22. The van der Waals surface area contributed by atoms with Gasteiger partial charge in [-0.25, -0.2) is 9.97 Å². The minimum atomic E-state index is 0.809. The number of hydrogen-bond donors (Lipinski definition) is 0. The standard InChI is InChI=1S/C16H21N3O/c1-12-11-16(18-13(2)17-12)19(3)10-9-14-7-5-6-8-15(14)20-4/h5-8,11H,9-10H2,1-4H3. The third-order valence-corrected chi connectivity index (χ3v) is 3.25. The minimum absolute atomic E-state index is 0.809. The second-order valence-corrected chi connectivity index (χ2v) is 4.90. The second-order valence-electron chi connectivity index (χ2n) is 4.90. The van der Waals surface area contributed by atoms with E-state index in [1.807, 2.05) is 38.1 Å². The van der Waals surface area contributed by atoms with Crippen LogP contribution in [0, 0.1) is 13.8 Å². The molecule has 0 saturated carbocycles. The topological polar surface area (TPSA) is 38.2 Å². The lowest BCUT2D eigenvalue weighted by atomic mass is 10.1. The first-order valence-corrected chi connectivity index (χ1v) is 6.75. The summed E-state index contributed by atoms with van der Waals surface area (Å²) in [6.07, 6.45) is 0.919. The van der Waals surface area contributed by atoms with E-state index in [9.17, 15) is 0 Å². The Bertz CT molecular complexity index is 563. The molecule has 0 aliphatic carbocycles. The first kappa shape index (κ1) is 14.3. The molecule has 4 nitrogen and oxygen atoms in total. The third-order valence-electron chi connectivity index (χ3n) is 3.25. The number of aromatic nitrogens is 2. The molecule has 1 aromatic heterocycles. The Labute approximate surface area is 120 Å². The van der Waals surface area contributed by atoms with Crippen LogP contribution in [0.5, 0.6) is 5.75 Å². The van der Waals surface area contributed by atoms with Gasteiger partial charge in [-0.2, -0.15) is 0 Å². The van der Waals surface area contributed by atoms with Gasteiger partial charge in [-0.1, -0.05) is 18.2 Å². The van der Waals surface area contributed by atoms with Crippen molar-refractivity contribution in [3.05, 3.63) is 47.4 Å². The van der Waals surface area contributed by atoms with Gasteiger partial charge in [0.1, 0.15) is 17.4 Å². The fourth-order valence-corrected chi connectivity index (χ4v) is 2.21. The number of likely N-dealkylation sites (N-methyl/N-ethyl adjacent to an activating group) is 1. The summed E-state index contributed by atoms with van der Waals surface area (Å²) in [4.78, 5) is 10.9. The molecule has 0 saturated heterocycles. The van der Waals surface area contributed by atoms with Gasteiger partial charge >= 0.3 is 0 Å². The van der Waals surface area contributed by atoms with Crippen LogP contribution in [0.2, 0.25) is 0 Å². The molecule has 0 aliphatic heterocycles. The van der Waals surface area contributed by atoms with Crippen LogP contribution in [-0.4, -0.2) is 30.7 Å². The first-order valence-electron chi connectivity index (χ1n) is 6.75. The van der Waals surface area contributed by atoms with Crippen molar-refractivity contribution in [2.24, 2.45) is 0 Å². The zero-order valence-corrected chi connectivity index (χ0v) is 12.6. The van der Waals surface area contributed by atoms with E-state index in [0.29, 0.717) is 0 Å². The summed E-state index contributed by atoms with van der Waals surface area (Å²) in [5.74, 6) is 2.71. The maximum atomic E-state index is 5.38. The van der Waals surface area contributed by atoms with E-state index in [1.54, 1.807) is 7.11 Å². The summed E-state index contributed by atoms with van der Waals surface area (Å²) in [5.41, 5.74) is 2.21. The van der Waals surface area contributed by atoms with Gasteiger partial charge in [-0.05, 0) is 31.9 Å². The van der Waals surface area contributed by atoms with Gasteiger partial charge in [0.15, 0.2) is 0 Å². The summed E-state index contributed by atoms with van der Waals surface area (Å²) >= 11 is 0. The largest absolute Gasteiger partial charge is 0.496 e. The molecule has 1 heterocycles. The fourth-order valence-electron chi connectivity index (χ4n) is 2.21. The van der Waals surface area contributed by atoms with Crippen LogP contribution in [0.15, 0.2) is 30.3 Å². The van der Waals surface area contributed by atoms with Gasteiger partial charge in [-0.15, -0.1) is 0 Å². The van der Waals surface area contributed by atoms with E-state index in [1.165, 1.54) is 5.56 Å². The molecule has 20 heavy (non-hydrogen) atoms. The molecule has 2 aromatic rings. The Kier molecular flexibility index (Phi) is 4.56. The minimum Gasteiger partial charge on any atom is -0.496 e. The van der Waals surface area contributed by atoms with Crippen LogP contribution in [-0.2, 0) is 6.42 Å². The zero-order chi connectivity index (χ0) is 14.5. The number of hydrogen-bond acceptors (Lipinski definition) is 4. The number of rotatable bonds is 5. The van der Waals surface area contributed by atoms with Crippen molar-refractivity contribution in [3.63, 3.8) is 0 Å². The Morgan fingerprint density at radius 3 is 2.60 bits per heavy atom. The summed E-state index contributed by atoms with van der Waals surface area (Å²) in [6, 6.07) is 10.1. The van der Waals surface area contributed by atoms with Gasteiger partial charge in [0.25, 0.3) is 0 Å². The van der Waals surface area contributed by atoms with E-state index < -0.39 is 0 Å². The molecule has 0 N–H and O–H groups in total. The Morgan fingerprint density at radius 1 is 1.15 bits per heavy atom. The third kappa shape index (κ3) is 3.47. The molecule has 106 valence electrons. The molecular weight excluding hydrogens is 250 g/mol. The van der Waals surface area contributed by atoms with E-state index >= 15 is 0 Å². The highest BCUT2D eigenvalue weighted by Crippen LogP contribution is 2.19. The van der Waals surface area contributed by atoms with E-state index in [-0.39, 0.29) is 0 Å². The highest BCUT2D eigenvalue weighted by Gasteiger charge is 2.07. The van der Waals surface area contributed by atoms with Gasteiger partial charge < -0.3 is 9.64 Å². The van der Waals surface area contributed by atoms with Gasteiger partial charge in [-0.3, -0.25) is 0 Å². The predicted molar refractivity (Wildman–Crippen MR) is 81.5 cm³/mol. The molecule has 4 heteroatoms. The number of aryl methyl sites for hydroxylation is 2. The number of ether oxygens (including phenoxy) is 1. The SMILES string of the molecule is COc1ccccc1CCN(C)c1cc(C)nc(C)n1. The summed E-state index contributed by atoms with van der Waals surface area (Å²) in [5, 5.41) is 0. The lowest BCUT2D eigenvalue weighted by molar-refractivity contribution is 0.409. The average Bonchev–Trinajstić information content (AvgIpc) is 2.44.